The van der Waals surface area contributed by atoms with Gasteiger partial charge in [-0.05, 0) is 43.7 Å². The lowest BCUT2D eigenvalue weighted by molar-refractivity contribution is 0.570. The number of benzene rings is 1. The summed E-state index contributed by atoms with van der Waals surface area (Å²) in [6.07, 6.45) is 0. The second-order valence-electron chi connectivity index (χ2n) is 4.21. The zero-order valence-electron chi connectivity index (χ0n) is 10.5. The van der Waals surface area contributed by atoms with Crippen molar-refractivity contribution < 1.29 is 12.8 Å². The van der Waals surface area contributed by atoms with Crippen molar-refractivity contribution in [3.05, 3.63) is 53.5 Å². The fraction of sp³-hybridized carbons (Fsp3) is 0.154. The van der Waals surface area contributed by atoms with E-state index in [4.69, 9.17) is 0 Å². The monoisotopic (exact) mass is 280 g/mol. The van der Waals surface area contributed by atoms with Crippen LogP contribution >= 0.6 is 0 Å². The number of rotatable bonds is 3. The first-order valence-corrected chi connectivity index (χ1v) is 7.09. The number of nitrogens with zero attached hydrogens (tertiary/aromatic N) is 1. The largest absolute Gasteiger partial charge is 0.265 e. The third-order valence-electron chi connectivity index (χ3n) is 2.46. The number of hydrogen-bond donors (Lipinski definition) is 1. The van der Waals surface area contributed by atoms with Gasteiger partial charge in [-0.3, -0.25) is 4.72 Å². The lowest BCUT2D eigenvalue weighted by atomic mass is 10.2. The number of pyridine rings is 1. The Kier molecular flexibility index (Phi) is 3.53. The number of sulfonamides is 1. The molecular formula is C13H13FN2O2S. The van der Waals surface area contributed by atoms with E-state index in [-0.39, 0.29) is 5.82 Å². The molecule has 2 aromatic rings. The molecule has 4 nitrogen and oxygen atoms in total. The maximum atomic E-state index is 13.5. The summed E-state index contributed by atoms with van der Waals surface area (Å²) in [4.78, 5) is 3.67. The molecule has 1 N–H and O–H groups in total. The Balaban J connectivity index is 2.39. The molecule has 1 aromatic heterocycles. The van der Waals surface area contributed by atoms with Crippen molar-refractivity contribution in [1.29, 1.82) is 0 Å². The molecule has 1 aromatic carbocycles. The van der Waals surface area contributed by atoms with Crippen molar-refractivity contribution >= 4 is 15.8 Å². The van der Waals surface area contributed by atoms with E-state index in [1.54, 1.807) is 13.0 Å². The zero-order chi connectivity index (χ0) is 14.0. The summed E-state index contributed by atoms with van der Waals surface area (Å²) in [5.41, 5.74) is 1.56. The second-order valence-corrected chi connectivity index (χ2v) is 5.86. The molecule has 0 bridgehead atoms. The quantitative estimate of drug-likeness (QED) is 0.940. The summed E-state index contributed by atoms with van der Waals surface area (Å²) < 4.78 is 39.9. The highest BCUT2D eigenvalue weighted by Crippen LogP contribution is 2.18. The van der Waals surface area contributed by atoms with Crippen LogP contribution in [0.1, 0.15) is 11.3 Å². The molecule has 0 atom stereocenters. The van der Waals surface area contributed by atoms with E-state index in [0.717, 1.165) is 11.6 Å². The third-order valence-corrected chi connectivity index (χ3v) is 3.85. The van der Waals surface area contributed by atoms with Gasteiger partial charge in [-0.1, -0.05) is 12.1 Å². The van der Waals surface area contributed by atoms with Crippen molar-refractivity contribution in [2.45, 2.75) is 18.7 Å². The molecule has 0 unspecified atom stereocenters. The van der Waals surface area contributed by atoms with Gasteiger partial charge >= 0.3 is 0 Å². The van der Waals surface area contributed by atoms with Crippen LogP contribution in [-0.4, -0.2) is 13.4 Å². The van der Waals surface area contributed by atoms with Crippen LogP contribution in [0.4, 0.5) is 10.2 Å². The topological polar surface area (TPSA) is 59.1 Å². The minimum absolute atomic E-state index is 0.181. The van der Waals surface area contributed by atoms with Gasteiger partial charge in [-0.25, -0.2) is 17.8 Å². The normalized spacial score (nSPS) is 11.3. The van der Waals surface area contributed by atoms with Crippen molar-refractivity contribution in [1.82, 2.24) is 4.98 Å². The third kappa shape index (κ3) is 3.08. The van der Waals surface area contributed by atoms with E-state index < -0.39 is 20.7 Å². The average molecular weight is 280 g/mol. The van der Waals surface area contributed by atoms with Crippen LogP contribution in [0.25, 0.3) is 0 Å². The van der Waals surface area contributed by atoms with E-state index in [2.05, 4.69) is 9.71 Å². The predicted octanol–water partition coefficient (Wildman–Crippen LogP) is 2.64. The van der Waals surface area contributed by atoms with Crippen molar-refractivity contribution in [2.24, 2.45) is 0 Å². The van der Waals surface area contributed by atoms with Crippen LogP contribution in [0.5, 0.6) is 0 Å². The molecule has 0 saturated carbocycles. The number of nitrogens with one attached hydrogen (secondary N) is 1. The Labute approximate surface area is 111 Å². The number of halogens is 1. The zero-order valence-corrected chi connectivity index (χ0v) is 11.3. The molecule has 0 aliphatic heterocycles. The van der Waals surface area contributed by atoms with E-state index in [0.29, 0.717) is 5.69 Å². The van der Waals surface area contributed by atoms with Crippen LogP contribution in [0, 0.1) is 19.7 Å². The molecule has 0 aliphatic rings. The lowest BCUT2D eigenvalue weighted by Crippen LogP contribution is -2.15. The molecule has 1 heterocycles. The minimum Gasteiger partial charge on any atom is -0.263 e. The van der Waals surface area contributed by atoms with Gasteiger partial charge in [0.05, 0.1) is 0 Å². The molecule has 2 rings (SSSR count). The highest BCUT2D eigenvalue weighted by molar-refractivity contribution is 7.92. The van der Waals surface area contributed by atoms with Gasteiger partial charge in [0.15, 0.2) is 0 Å². The van der Waals surface area contributed by atoms with E-state index in [1.165, 1.54) is 18.2 Å². The van der Waals surface area contributed by atoms with Crippen LogP contribution < -0.4 is 4.72 Å². The Hall–Kier alpha value is -1.95. The van der Waals surface area contributed by atoms with E-state index >= 15 is 0 Å². The molecule has 100 valence electrons. The highest BCUT2D eigenvalue weighted by atomic mass is 32.2. The minimum atomic E-state index is -3.97. The summed E-state index contributed by atoms with van der Waals surface area (Å²) in [5.74, 6) is -0.611. The molecule has 0 spiro atoms. The summed E-state index contributed by atoms with van der Waals surface area (Å²) >= 11 is 0. The van der Waals surface area contributed by atoms with Gasteiger partial charge < -0.3 is 0 Å². The van der Waals surface area contributed by atoms with E-state index in [9.17, 15) is 12.8 Å². The van der Waals surface area contributed by atoms with Gasteiger partial charge in [0.25, 0.3) is 10.0 Å². The standard InChI is InChI=1S/C13H13FN2O2S/c1-9-7-10(2)15-13(8-9)16-19(17,18)12-6-4-3-5-11(12)14/h3-8H,1-2H3,(H,15,16). The molecule has 0 saturated heterocycles. The maximum absolute atomic E-state index is 13.5. The summed E-state index contributed by atoms with van der Waals surface area (Å²) in [5, 5.41) is 0. The van der Waals surface area contributed by atoms with Gasteiger partial charge in [0.1, 0.15) is 16.5 Å². The predicted molar refractivity (Wildman–Crippen MR) is 70.9 cm³/mol. The van der Waals surface area contributed by atoms with Crippen molar-refractivity contribution in [2.75, 3.05) is 4.72 Å². The molecule has 0 aliphatic carbocycles. The fourth-order valence-electron chi connectivity index (χ4n) is 1.75. The Bertz CT molecular complexity index is 694. The van der Waals surface area contributed by atoms with Gasteiger partial charge in [-0.2, -0.15) is 0 Å². The molecular weight excluding hydrogens is 267 g/mol. The van der Waals surface area contributed by atoms with Crippen LogP contribution in [-0.2, 0) is 10.0 Å². The number of aryl methyl sites for hydroxylation is 2. The fourth-order valence-corrected chi connectivity index (χ4v) is 2.82. The number of hydrogen-bond acceptors (Lipinski definition) is 3. The molecule has 0 fully saturated rings. The number of anilines is 1. The highest BCUT2D eigenvalue weighted by Gasteiger charge is 2.19. The summed E-state index contributed by atoms with van der Waals surface area (Å²) in [6.45, 7) is 3.59. The smallest absolute Gasteiger partial charge is 0.263 e. The molecule has 6 heteroatoms. The Morgan fingerprint density at radius 3 is 2.47 bits per heavy atom. The molecule has 0 amide bonds. The summed E-state index contributed by atoms with van der Waals surface area (Å²) in [7, 11) is -3.97. The first-order valence-electron chi connectivity index (χ1n) is 5.61. The van der Waals surface area contributed by atoms with Crippen molar-refractivity contribution in [3.8, 4) is 0 Å². The van der Waals surface area contributed by atoms with Crippen LogP contribution in [0.3, 0.4) is 0 Å². The summed E-state index contributed by atoms with van der Waals surface area (Å²) in [6, 6.07) is 8.62. The van der Waals surface area contributed by atoms with Gasteiger partial charge in [0.2, 0.25) is 0 Å². The maximum Gasteiger partial charge on any atom is 0.265 e. The van der Waals surface area contributed by atoms with Gasteiger partial charge in [-0.15, -0.1) is 0 Å². The molecule has 0 radical (unpaired) electrons. The first-order chi connectivity index (χ1) is 8.88. The van der Waals surface area contributed by atoms with E-state index in [1.807, 2.05) is 13.0 Å². The lowest BCUT2D eigenvalue weighted by Gasteiger charge is -2.09. The first kappa shape index (κ1) is 13.5. The Morgan fingerprint density at radius 2 is 1.84 bits per heavy atom. The molecule has 19 heavy (non-hydrogen) atoms. The SMILES string of the molecule is Cc1cc(C)nc(NS(=O)(=O)c2ccccc2F)c1. The van der Waals surface area contributed by atoms with Gasteiger partial charge in [0, 0.05) is 5.69 Å². The van der Waals surface area contributed by atoms with Crippen LogP contribution in [0.2, 0.25) is 0 Å². The Morgan fingerprint density at radius 1 is 1.16 bits per heavy atom. The van der Waals surface area contributed by atoms with Crippen molar-refractivity contribution in [3.63, 3.8) is 0 Å². The average Bonchev–Trinajstić information content (AvgIpc) is 2.26. The van der Waals surface area contributed by atoms with Crippen LogP contribution in [0.15, 0.2) is 41.3 Å². The number of aromatic nitrogens is 1. The second kappa shape index (κ2) is 4.97.